The van der Waals surface area contributed by atoms with Crippen molar-refractivity contribution in [2.75, 3.05) is 36.0 Å². The molecule has 0 aliphatic carbocycles. The van der Waals surface area contributed by atoms with Crippen molar-refractivity contribution in [3.05, 3.63) is 53.0 Å². The molecule has 0 atom stereocenters. The number of anilines is 2. The van der Waals surface area contributed by atoms with Crippen molar-refractivity contribution in [3.8, 4) is 0 Å². The van der Waals surface area contributed by atoms with Crippen molar-refractivity contribution < 1.29 is 0 Å². The molecule has 1 saturated heterocycles. The highest BCUT2D eigenvalue weighted by Gasteiger charge is 2.19. The number of fused-ring (bicyclic) bond motifs is 1. The van der Waals surface area contributed by atoms with Crippen molar-refractivity contribution >= 4 is 22.4 Å². The zero-order valence-corrected chi connectivity index (χ0v) is 16.0. The van der Waals surface area contributed by atoms with E-state index in [0.29, 0.717) is 5.39 Å². The van der Waals surface area contributed by atoms with E-state index >= 15 is 0 Å². The van der Waals surface area contributed by atoms with Gasteiger partial charge in [0.25, 0.3) is 5.56 Å². The molecule has 0 N–H and O–H groups in total. The van der Waals surface area contributed by atoms with Gasteiger partial charge in [0.1, 0.15) is 12.1 Å². The average Bonchev–Trinajstić information content (AvgIpc) is 2.68. The summed E-state index contributed by atoms with van der Waals surface area (Å²) >= 11 is 0. The third-order valence-corrected chi connectivity index (χ3v) is 5.08. The predicted octanol–water partition coefficient (Wildman–Crippen LogP) is 2.40. The minimum atomic E-state index is 0.0190. The molecule has 1 aromatic carbocycles. The number of nitrogens with zero attached hydrogens (tertiary/aromatic N) is 6. The molecule has 0 saturated carbocycles. The maximum atomic E-state index is 12.6. The summed E-state index contributed by atoms with van der Waals surface area (Å²) in [4.78, 5) is 30.2. The van der Waals surface area contributed by atoms with Crippen molar-refractivity contribution in [2.24, 2.45) is 0 Å². The Labute approximate surface area is 158 Å². The van der Waals surface area contributed by atoms with Gasteiger partial charge in [0.2, 0.25) is 0 Å². The summed E-state index contributed by atoms with van der Waals surface area (Å²) < 4.78 is 1.67. The normalized spacial score (nSPS) is 15.0. The highest BCUT2D eigenvalue weighted by Crippen LogP contribution is 2.22. The molecular formula is C20H24N6O. The van der Waals surface area contributed by atoms with Crippen LogP contribution < -0.4 is 15.4 Å². The van der Waals surface area contributed by atoms with Crippen LogP contribution in [-0.4, -0.2) is 45.7 Å². The SMILES string of the molecule is Cc1cc(N2CCN(c3ccc4c(=O)n(C(C)C)cnc4c3)CC2)ncn1. The van der Waals surface area contributed by atoms with E-state index in [4.69, 9.17) is 0 Å². The first kappa shape index (κ1) is 17.5. The van der Waals surface area contributed by atoms with Crippen LogP contribution in [0.1, 0.15) is 25.6 Å². The Kier molecular flexibility index (Phi) is 4.51. The number of aryl methyl sites for hydroxylation is 1. The summed E-state index contributed by atoms with van der Waals surface area (Å²) in [5, 5.41) is 0.671. The first-order valence-electron chi connectivity index (χ1n) is 9.32. The Morgan fingerprint density at radius 1 is 0.963 bits per heavy atom. The lowest BCUT2D eigenvalue weighted by atomic mass is 10.2. The zero-order chi connectivity index (χ0) is 19.0. The van der Waals surface area contributed by atoms with Gasteiger partial charge in [-0.15, -0.1) is 0 Å². The third-order valence-electron chi connectivity index (χ3n) is 5.08. The molecule has 3 heterocycles. The molecule has 4 rings (SSSR count). The largest absolute Gasteiger partial charge is 0.368 e. The second-order valence-electron chi connectivity index (χ2n) is 7.24. The first-order chi connectivity index (χ1) is 13.0. The van der Waals surface area contributed by atoms with E-state index in [-0.39, 0.29) is 11.6 Å². The summed E-state index contributed by atoms with van der Waals surface area (Å²) in [6, 6.07) is 8.08. The van der Waals surface area contributed by atoms with Crippen molar-refractivity contribution in [2.45, 2.75) is 26.8 Å². The maximum absolute atomic E-state index is 12.6. The molecule has 1 aliphatic rings. The topological polar surface area (TPSA) is 67.2 Å². The lowest BCUT2D eigenvalue weighted by molar-refractivity contribution is 0.573. The van der Waals surface area contributed by atoms with Gasteiger partial charge >= 0.3 is 0 Å². The summed E-state index contributed by atoms with van der Waals surface area (Å²) in [5.41, 5.74) is 2.86. The van der Waals surface area contributed by atoms with Gasteiger partial charge in [0, 0.05) is 49.7 Å². The first-order valence-corrected chi connectivity index (χ1v) is 9.32. The molecule has 7 nitrogen and oxygen atoms in total. The number of piperazine rings is 1. The van der Waals surface area contributed by atoms with E-state index in [0.717, 1.165) is 48.9 Å². The van der Waals surface area contributed by atoms with Crippen LogP contribution in [0.4, 0.5) is 11.5 Å². The molecule has 3 aromatic rings. The quantitative estimate of drug-likeness (QED) is 0.711. The zero-order valence-electron chi connectivity index (χ0n) is 16.0. The fourth-order valence-electron chi connectivity index (χ4n) is 3.50. The van der Waals surface area contributed by atoms with Gasteiger partial charge in [-0.3, -0.25) is 9.36 Å². The Hall–Kier alpha value is -2.96. The maximum Gasteiger partial charge on any atom is 0.261 e. The summed E-state index contributed by atoms with van der Waals surface area (Å²) in [7, 11) is 0. The van der Waals surface area contributed by atoms with Crippen LogP contribution in [0.25, 0.3) is 10.9 Å². The van der Waals surface area contributed by atoms with Crippen LogP contribution in [0.2, 0.25) is 0 Å². The van der Waals surface area contributed by atoms with E-state index in [9.17, 15) is 4.79 Å². The van der Waals surface area contributed by atoms with E-state index in [1.165, 1.54) is 0 Å². The molecular weight excluding hydrogens is 340 g/mol. The molecule has 0 bridgehead atoms. The highest BCUT2D eigenvalue weighted by atomic mass is 16.1. The van der Waals surface area contributed by atoms with Gasteiger partial charge in [0.15, 0.2) is 0 Å². The van der Waals surface area contributed by atoms with Crippen molar-refractivity contribution in [1.29, 1.82) is 0 Å². The Morgan fingerprint density at radius 3 is 2.41 bits per heavy atom. The number of benzene rings is 1. The Balaban J connectivity index is 1.54. The predicted molar refractivity (Wildman–Crippen MR) is 108 cm³/mol. The fourth-order valence-corrected chi connectivity index (χ4v) is 3.50. The second kappa shape index (κ2) is 6.98. The minimum absolute atomic E-state index is 0.0190. The number of hydrogen-bond donors (Lipinski definition) is 0. The number of rotatable bonds is 3. The van der Waals surface area contributed by atoms with Crippen molar-refractivity contribution in [1.82, 2.24) is 19.5 Å². The Bertz CT molecular complexity index is 1020. The second-order valence-corrected chi connectivity index (χ2v) is 7.24. The smallest absolute Gasteiger partial charge is 0.261 e. The molecule has 0 spiro atoms. The lowest BCUT2D eigenvalue weighted by Gasteiger charge is -2.36. The highest BCUT2D eigenvalue weighted by molar-refractivity contribution is 5.81. The number of hydrogen-bond acceptors (Lipinski definition) is 6. The van der Waals surface area contributed by atoms with Gasteiger partial charge in [-0.1, -0.05) is 0 Å². The third kappa shape index (κ3) is 3.37. The monoisotopic (exact) mass is 364 g/mol. The van der Waals surface area contributed by atoms with Crippen LogP contribution in [0, 0.1) is 6.92 Å². The van der Waals surface area contributed by atoms with Crippen LogP contribution in [-0.2, 0) is 0 Å². The standard InChI is InChI=1S/C20H24N6O/c1-14(2)26-13-23-18-11-16(4-5-17(18)20(26)27)24-6-8-25(9-7-24)19-10-15(3)21-12-22-19/h4-5,10-14H,6-9H2,1-3H3. The van der Waals surface area contributed by atoms with Crippen LogP contribution in [0.3, 0.4) is 0 Å². The van der Waals surface area contributed by atoms with E-state index in [1.807, 2.05) is 45.0 Å². The molecule has 27 heavy (non-hydrogen) atoms. The minimum Gasteiger partial charge on any atom is -0.368 e. The van der Waals surface area contributed by atoms with Gasteiger partial charge in [-0.2, -0.15) is 0 Å². The lowest BCUT2D eigenvalue weighted by Crippen LogP contribution is -2.46. The number of aromatic nitrogens is 4. The fraction of sp³-hybridized carbons (Fsp3) is 0.400. The van der Waals surface area contributed by atoms with Gasteiger partial charge in [-0.25, -0.2) is 15.0 Å². The molecule has 1 aliphatic heterocycles. The molecule has 2 aromatic heterocycles. The summed E-state index contributed by atoms with van der Waals surface area (Å²) in [6.07, 6.45) is 3.27. The molecule has 1 fully saturated rings. The van der Waals surface area contributed by atoms with Gasteiger partial charge in [0.05, 0.1) is 17.2 Å². The summed E-state index contributed by atoms with van der Waals surface area (Å²) in [6.45, 7) is 9.56. The molecule has 0 amide bonds. The van der Waals surface area contributed by atoms with E-state index < -0.39 is 0 Å². The van der Waals surface area contributed by atoms with Crippen LogP contribution in [0.15, 0.2) is 41.7 Å². The average molecular weight is 364 g/mol. The molecule has 7 heteroatoms. The van der Waals surface area contributed by atoms with E-state index in [1.54, 1.807) is 17.2 Å². The van der Waals surface area contributed by atoms with Gasteiger partial charge in [-0.05, 0) is 39.0 Å². The summed E-state index contributed by atoms with van der Waals surface area (Å²) in [5.74, 6) is 0.983. The Morgan fingerprint density at radius 2 is 1.70 bits per heavy atom. The molecule has 0 unspecified atom stereocenters. The van der Waals surface area contributed by atoms with Gasteiger partial charge < -0.3 is 9.80 Å². The van der Waals surface area contributed by atoms with Crippen LogP contribution in [0.5, 0.6) is 0 Å². The molecule has 140 valence electrons. The van der Waals surface area contributed by atoms with Crippen LogP contribution >= 0.6 is 0 Å². The molecule has 0 radical (unpaired) electrons. The van der Waals surface area contributed by atoms with Crippen molar-refractivity contribution in [3.63, 3.8) is 0 Å². The van der Waals surface area contributed by atoms with E-state index in [2.05, 4.69) is 24.8 Å².